The first-order valence-electron chi connectivity index (χ1n) is 15.2. The summed E-state index contributed by atoms with van der Waals surface area (Å²) in [4.78, 5) is 0. The molecule has 8 aromatic carbocycles. The Morgan fingerprint density at radius 3 is 1.20 bits per heavy atom. The van der Waals surface area contributed by atoms with Gasteiger partial charge in [0.25, 0.3) is 0 Å². The lowest BCUT2D eigenvalue weighted by Crippen LogP contribution is -1.98. The summed E-state index contributed by atoms with van der Waals surface area (Å²) < 4.78 is 0. The molecule has 0 atom stereocenters. The molecular weight excluding hydrogens is 528 g/mol. The monoisotopic (exact) mass is 558 g/mol. The summed E-state index contributed by atoms with van der Waals surface area (Å²) in [6.45, 7) is 0. The van der Waals surface area contributed by atoms with E-state index in [4.69, 9.17) is 0 Å². The number of fused-ring (bicyclic) bond motifs is 3. The van der Waals surface area contributed by atoms with Gasteiger partial charge in [-0.15, -0.1) is 0 Å². The molecule has 0 bridgehead atoms. The van der Waals surface area contributed by atoms with Gasteiger partial charge in [0.15, 0.2) is 0 Å². The Balaban J connectivity index is 1.62. The van der Waals surface area contributed by atoms with E-state index in [1.54, 1.807) is 0 Å². The maximum atomic E-state index is 2.45. The van der Waals surface area contributed by atoms with Gasteiger partial charge in [0.05, 0.1) is 0 Å². The topological polar surface area (TPSA) is 0 Å². The minimum atomic E-state index is 1.20. The molecule has 0 heterocycles. The normalized spacial score (nSPS) is 11.2. The third kappa shape index (κ3) is 4.49. The summed E-state index contributed by atoms with van der Waals surface area (Å²) in [6, 6.07) is 66.0. The van der Waals surface area contributed by atoms with Crippen LogP contribution in [-0.4, -0.2) is 0 Å². The maximum absolute atomic E-state index is 2.45. The second kappa shape index (κ2) is 11.2. The third-order valence-corrected chi connectivity index (χ3v) is 8.66. The molecule has 0 aliphatic carbocycles. The van der Waals surface area contributed by atoms with Crippen LogP contribution in [0.2, 0.25) is 0 Å². The smallest absolute Gasteiger partial charge is 0.00143 e. The van der Waals surface area contributed by atoms with E-state index < -0.39 is 0 Å². The highest BCUT2D eigenvalue weighted by Gasteiger charge is 2.24. The van der Waals surface area contributed by atoms with Crippen LogP contribution in [0.4, 0.5) is 0 Å². The van der Waals surface area contributed by atoms with E-state index in [2.05, 4.69) is 182 Å². The number of hydrogen-bond donors (Lipinski definition) is 0. The van der Waals surface area contributed by atoms with Gasteiger partial charge < -0.3 is 0 Å². The SMILES string of the molecule is c1ccc(-c2cc(-c3cc4ccccc4c4ccccc34)c(-c3ccccc3)c(-c3ccccc3)c2-c2ccccc2)cc1. The van der Waals surface area contributed by atoms with Crippen LogP contribution < -0.4 is 0 Å². The molecule has 0 unspecified atom stereocenters. The van der Waals surface area contributed by atoms with Gasteiger partial charge in [-0.05, 0) is 89.3 Å². The highest BCUT2D eigenvalue weighted by molar-refractivity contribution is 6.17. The molecule has 206 valence electrons. The zero-order valence-corrected chi connectivity index (χ0v) is 24.3. The fourth-order valence-corrected chi connectivity index (χ4v) is 6.72. The van der Waals surface area contributed by atoms with Crippen LogP contribution in [0.3, 0.4) is 0 Å². The fourth-order valence-electron chi connectivity index (χ4n) is 6.72. The Hall–Kier alpha value is -5.72. The summed E-state index contributed by atoms with van der Waals surface area (Å²) in [7, 11) is 0. The second-order valence-corrected chi connectivity index (χ2v) is 11.3. The molecule has 44 heavy (non-hydrogen) atoms. The van der Waals surface area contributed by atoms with Crippen molar-refractivity contribution in [2.75, 3.05) is 0 Å². The van der Waals surface area contributed by atoms with Crippen molar-refractivity contribution >= 4 is 21.5 Å². The van der Waals surface area contributed by atoms with Crippen molar-refractivity contribution in [1.29, 1.82) is 0 Å². The molecule has 0 aromatic heterocycles. The lowest BCUT2D eigenvalue weighted by molar-refractivity contribution is 1.53. The van der Waals surface area contributed by atoms with Crippen molar-refractivity contribution in [2.24, 2.45) is 0 Å². The first-order valence-corrected chi connectivity index (χ1v) is 15.2. The molecule has 0 amide bonds. The second-order valence-electron chi connectivity index (χ2n) is 11.3. The van der Waals surface area contributed by atoms with Crippen molar-refractivity contribution < 1.29 is 0 Å². The average Bonchev–Trinajstić information content (AvgIpc) is 3.12. The highest BCUT2D eigenvalue weighted by Crippen LogP contribution is 2.51. The van der Waals surface area contributed by atoms with E-state index in [-0.39, 0.29) is 0 Å². The largest absolute Gasteiger partial charge is 0.0622 e. The van der Waals surface area contributed by atoms with Gasteiger partial charge in [0.1, 0.15) is 0 Å². The lowest BCUT2D eigenvalue weighted by Gasteiger charge is -2.25. The average molecular weight is 559 g/mol. The minimum absolute atomic E-state index is 1.20. The van der Waals surface area contributed by atoms with E-state index in [0.717, 1.165) is 0 Å². The lowest BCUT2D eigenvalue weighted by atomic mass is 9.78. The van der Waals surface area contributed by atoms with Gasteiger partial charge in [-0.3, -0.25) is 0 Å². The highest BCUT2D eigenvalue weighted by atomic mass is 14.3. The zero-order chi connectivity index (χ0) is 29.3. The van der Waals surface area contributed by atoms with Gasteiger partial charge in [-0.1, -0.05) is 170 Å². The Morgan fingerprint density at radius 2 is 0.636 bits per heavy atom. The van der Waals surface area contributed by atoms with Crippen LogP contribution in [0.15, 0.2) is 182 Å². The van der Waals surface area contributed by atoms with Gasteiger partial charge in [-0.25, -0.2) is 0 Å². The van der Waals surface area contributed by atoms with Gasteiger partial charge >= 0.3 is 0 Å². The maximum Gasteiger partial charge on any atom is -0.00143 e. The van der Waals surface area contributed by atoms with E-state index >= 15 is 0 Å². The quantitative estimate of drug-likeness (QED) is 0.184. The summed E-state index contributed by atoms with van der Waals surface area (Å²) in [5.74, 6) is 0. The number of benzene rings is 8. The minimum Gasteiger partial charge on any atom is -0.0622 e. The van der Waals surface area contributed by atoms with Crippen molar-refractivity contribution in [3.63, 3.8) is 0 Å². The predicted molar refractivity (Wildman–Crippen MR) is 189 cm³/mol. The molecule has 8 rings (SSSR count). The molecule has 0 radical (unpaired) electrons. The molecule has 0 N–H and O–H groups in total. The Kier molecular flexibility index (Phi) is 6.59. The van der Waals surface area contributed by atoms with Crippen molar-refractivity contribution in [3.05, 3.63) is 182 Å². The molecule has 0 fully saturated rings. The molecule has 0 saturated heterocycles. The molecule has 0 spiro atoms. The van der Waals surface area contributed by atoms with Crippen LogP contribution in [-0.2, 0) is 0 Å². The predicted octanol–water partition coefficient (Wildman–Crippen LogP) is 12.3. The van der Waals surface area contributed by atoms with Crippen LogP contribution in [0, 0.1) is 0 Å². The van der Waals surface area contributed by atoms with Gasteiger partial charge in [0.2, 0.25) is 0 Å². The van der Waals surface area contributed by atoms with Crippen LogP contribution in [0.25, 0.3) is 77.2 Å². The third-order valence-electron chi connectivity index (χ3n) is 8.66. The summed E-state index contributed by atoms with van der Waals surface area (Å²) in [5, 5.41) is 5.05. The standard InChI is InChI=1S/C44H30/c1-5-17-31(18-6-1)39-30-41(40-29-35-25-13-14-26-36(35)37-27-15-16-28-38(37)40)43(33-21-9-3-10-22-33)44(34-23-11-4-12-24-34)42(39)32-19-7-2-8-20-32/h1-30H. The van der Waals surface area contributed by atoms with Crippen molar-refractivity contribution in [3.8, 4) is 55.6 Å². The zero-order valence-electron chi connectivity index (χ0n) is 24.3. The van der Waals surface area contributed by atoms with Crippen LogP contribution >= 0.6 is 0 Å². The molecule has 8 aromatic rings. The summed E-state index contributed by atoms with van der Waals surface area (Å²) in [5.41, 5.74) is 12.3. The van der Waals surface area contributed by atoms with Crippen LogP contribution in [0.5, 0.6) is 0 Å². The van der Waals surface area contributed by atoms with E-state index in [0.29, 0.717) is 0 Å². The van der Waals surface area contributed by atoms with E-state index in [1.165, 1.54) is 77.2 Å². The molecule has 0 aliphatic heterocycles. The first-order chi connectivity index (χ1) is 21.9. The van der Waals surface area contributed by atoms with Crippen LogP contribution in [0.1, 0.15) is 0 Å². The summed E-state index contributed by atoms with van der Waals surface area (Å²) >= 11 is 0. The number of rotatable bonds is 5. The molecule has 0 aliphatic rings. The molecule has 0 heteroatoms. The van der Waals surface area contributed by atoms with Gasteiger partial charge in [0, 0.05) is 0 Å². The fraction of sp³-hybridized carbons (Fsp3) is 0. The molecular formula is C44H30. The first kappa shape index (κ1) is 25.9. The Bertz CT molecular complexity index is 2230. The van der Waals surface area contributed by atoms with E-state index in [1.807, 2.05) is 0 Å². The summed E-state index contributed by atoms with van der Waals surface area (Å²) in [6.07, 6.45) is 0. The Morgan fingerprint density at radius 1 is 0.227 bits per heavy atom. The number of hydrogen-bond acceptors (Lipinski definition) is 0. The van der Waals surface area contributed by atoms with Crippen molar-refractivity contribution in [2.45, 2.75) is 0 Å². The van der Waals surface area contributed by atoms with Gasteiger partial charge in [-0.2, -0.15) is 0 Å². The Labute approximate surface area is 258 Å². The molecule has 0 nitrogen and oxygen atoms in total. The van der Waals surface area contributed by atoms with Crippen molar-refractivity contribution in [1.82, 2.24) is 0 Å². The van der Waals surface area contributed by atoms with E-state index in [9.17, 15) is 0 Å². The molecule has 0 saturated carbocycles.